The maximum absolute atomic E-state index is 5.94. The molecule has 106 valence electrons. The highest BCUT2D eigenvalue weighted by Gasteiger charge is 2.27. The van der Waals surface area contributed by atoms with E-state index in [1.165, 1.54) is 0 Å². The second-order valence-corrected chi connectivity index (χ2v) is 5.76. The van der Waals surface area contributed by atoms with E-state index in [1.807, 2.05) is 32.0 Å². The lowest BCUT2D eigenvalue weighted by Gasteiger charge is -2.35. The Morgan fingerprint density at radius 2 is 1.95 bits per heavy atom. The van der Waals surface area contributed by atoms with Crippen LogP contribution in [0.1, 0.15) is 33.6 Å². The minimum Gasteiger partial charge on any atom is -0.491 e. The third kappa shape index (κ3) is 4.03. The number of hydrogen-bond donors (Lipinski definition) is 2. The van der Waals surface area contributed by atoms with E-state index in [4.69, 9.17) is 15.2 Å². The topological polar surface area (TPSA) is 56.5 Å². The molecule has 1 saturated heterocycles. The number of ether oxygens (including phenoxy) is 2. The lowest BCUT2D eigenvalue weighted by molar-refractivity contribution is 0.0658. The van der Waals surface area contributed by atoms with Crippen molar-refractivity contribution in [3.63, 3.8) is 0 Å². The highest BCUT2D eigenvalue weighted by Crippen LogP contribution is 2.29. The molecule has 1 aliphatic rings. The van der Waals surface area contributed by atoms with Crippen LogP contribution in [0.2, 0.25) is 0 Å². The van der Waals surface area contributed by atoms with Gasteiger partial charge in [-0.05, 0) is 39.7 Å². The lowest BCUT2D eigenvalue weighted by atomic mass is 9.92. The first kappa shape index (κ1) is 14.0. The molecular formula is C15H24N2O2. The molecule has 1 aromatic rings. The summed E-state index contributed by atoms with van der Waals surface area (Å²) in [5.41, 5.74) is 7.74. The van der Waals surface area contributed by atoms with E-state index in [0.717, 1.165) is 43.2 Å². The Morgan fingerprint density at radius 3 is 2.58 bits per heavy atom. The molecule has 4 heteroatoms. The minimum absolute atomic E-state index is 0.0706. The fourth-order valence-electron chi connectivity index (χ4n) is 2.33. The van der Waals surface area contributed by atoms with Crippen molar-refractivity contribution in [3.8, 4) is 5.75 Å². The molecule has 0 unspecified atom stereocenters. The van der Waals surface area contributed by atoms with E-state index in [9.17, 15) is 0 Å². The highest BCUT2D eigenvalue weighted by atomic mass is 16.5. The van der Waals surface area contributed by atoms with Crippen LogP contribution < -0.4 is 15.8 Å². The van der Waals surface area contributed by atoms with Crippen LogP contribution in [0.25, 0.3) is 0 Å². The summed E-state index contributed by atoms with van der Waals surface area (Å²) in [6.07, 6.45) is 2.15. The number of nitrogen functional groups attached to an aromatic ring is 1. The van der Waals surface area contributed by atoms with Crippen LogP contribution in [-0.2, 0) is 4.74 Å². The van der Waals surface area contributed by atoms with Gasteiger partial charge in [0.05, 0.1) is 6.10 Å². The molecule has 0 radical (unpaired) electrons. The maximum Gasteiger partial charge on any atom is 0.123 e. The van der Waals surface area contributed by atoms with Crippen LogP contribution in [0.3, 0.4) is 0 Å². The van der Waals surface area contributed by atoms with E-state index < -0.39 is 0 Å². The molecule has 3 N–H and O–H groups in total. The van der Waals surface area contributed by atoms with Crippen LogP contribution in [0.4, 0.5) is 11.4 Å². The normalized spacial score (nSPS) is 18.3. The Kier molecular flexibility index (Phi) is 4.20. The molecule has 0 aromatic heterocycles. The summed E-state index contributed by atoms with van der Waals surface area (Å²) >= 11 is 0. The summed E-state index contributed by atoms with van der Waals surface area (Å²) in [5, 5.41) is 3.57. The summed E-state index contributed by atoms with van der Waals surface area (Å²) in [5.74, 6) is 0.813. The van der Waals surface area contributed by atoms with Gasteiger partial charge in [-0.2, -0.15) is 0 Å². The first-order valence-electron chi connectivity index (χ1n) is 6.90. The summed E-state index contributed by atoms with van der Waals surface area (Å²) in [4.78, 5) is 0. The van der Waals surface area contributed by atoms with E-state index in [1.54, 1.807) is 0 Å². The van der Waals surface area contributed by atoms with E-state index in [0.29, 0.717) is 0 Å². The van der Waals surface area contributed by atoms with Crippen molar-refractivity contribution in [1.29, 1.82) is 0 Å². The molecule has 0 amide bonds. The van der Waals surface area contributed by atoms with Crippen LogP contribution in [0.15, 0.2) is 18.2 Å². The lowest BCUT2D eigenvalue weighted by Crippen LogP contribution is -2.40. The molecule has 1 fully saturated rings. The molecule has 2 rings (SSSR count). The van der Waals surface area contributed by atoms with Crippen molar-refractivity contribution < 1.29 is 9.47 Å². The number of benzene rings is 1. The van der Waals surface area contributed by atoms with Gasteiger partial charge in [-0.1, -0.05) is 0 Å². The Labute approximate surface area is 115 Å². The number of nitrogens with two attached hydrogens (primary N) is 1. The van der Waals surface area contributed by atoms with Gasteiger partial charge in [-0.3, -0.25) is 0 Å². The molecule has 0 spiro atoms. The Morgan fingerprint density at radius 1 is 1.26 bits per heavy atom. The van der Waals surface area contributed by atoms with Crippen molar-refractivity contribution in [2.75, 3.05) is 24.3 Å². The zero-order valence-corrected chi connectivity index (χ0v) is 12.0. The average Bonchev–Trinajstić information content (AvgIpc) is 2.27. The van der Waals surface area contributed by atoms with Crippen molar-refractivity contribution in [1.82, 2.24) is 0 Å². The monoisotopic (exact) mass is 264 g/mol. The second kappa shape index (κ2) is 5.70. The van der Waals surface area contributed by atoms with Crippen LogP contribution in [0.5, 0.6) is 5.75 Å². The Bertz CT molecular complexity index is 426. The van der Waals surface area contributed by atoms with Crippen LogP contribution >= 0.6 is 0 Å². The van der Waals surface area contributed by atoms with Gasteiger partial charge in [-0.15, -0.1) is 0 Å². The molecule has 0 aliphatic carbocycles. The molecule has 1 aliphatic heterocycles. The van der Waals surface area contributed by atoms with Crippen LogP contribution in [-0.4, -0.2) is 24.9 Å². The smallest absolute Gasteiger partial charge is 0.123 e. The Hall–Kier alpha value is -1.42. The van der Waals surface area contributed by atoms with Gasteiger partial charge < -0.3 is 20.5 Å². The average molecular weight is 264 g/mol. The van der Waals surface area contributed by atoms with Crippen molar-refractivity contribution in [2.45, 2.75) is 45.3 Å². The van der Waals surface area contributed by atoms with E-state index in [-0.39, 0.29) is 11.6 Å². The minimum atomic E-state index is 0.0706. The van der Waals surface area contributed by atoms with Gasteiger partial charge in [0.1, 0.15) is 5.75 Å². The number of hydrogen-bond acceptors (Lipinski definition) is 4. The molecule has 4 nitrogen and oxygen atoms in total. The van der Waals surface area contributed by atoms with Crippen molar-refractivity contribution in [3.05, 3.63) is 18.2 Å². The number of nitrogens with one attached hydrogen (secondary N) is 1. The van der Waals surface area contributed by atoms with Crippen molar-refractivity contribution >= 4 is 11.4 Å². The fraction of sp³-hybridized carbons (Fsp3) is 0.600. The van der Waals surface area contributed by atoms with Gasteiger partial charge in [0, 0.05) is 42.3 Å². The summed E-state index contributed by atoms with van der Waals surface area (Å²) in [6, 6.07) is 5.82. The van der Waals surface area contributed by atoms with E-state index in [2.05, 4.69) is 12.2 Å². The first-order chi connectivity index (χ1) is 8.97. The quantitative estimate of drug-likeness (QED) is 0.821. The van der Waals surface area contributed by atoms with Crippen molar-refractivity contribution in [2.24, 2.45) is 0 Å². The van der Waals surface area contributed by atoms with Crippen LogP contribution in [0, 0.1) is 0 Å². The predicted molar refractivity (Wildman–Crippen MR) is 78.7 cm³/mol. The van der Waals surface area contributed by atoms with Gasteiger partial charge in [0.15, 0.2) is 0 Å². The number of anilines is 2. The zero-order valence-electron chi connectivity index (χ0n) is 12.0. The highest BCUT2D eigenvalue weighted by molar-refractivity contribution is 5.60. The molecule has 1 heterocycles. The standard InChI is InChI=1S/C15H24N2O2/c1-11(2)19-14-9-12(16)8-13(10-14)17-15(3)4-6-18-7-5-15/h8-11,17H,4-7,16H2,1-3H3. The molecule has 0 atom stereocenters. The third-order valence-corrected chi connectivity index (χ3v) is 3.34. The predicted octanol–water partition coefficient (Wildman–Crippen LogP) is 3.04. The van der Waals surface area contributed by atoms with Gasteiger partial charge in [0.25, 0.3) is 0 Å². The maximum atomic E-state index is 5.94. The molecule has 0 bridgehead atoms. The van der Waals surface area contributed by atoms with Gasteiger partial charge >= 0.3 is 0 Å². The zero-order chi connectivity index (χ0) is 13.9. The van der Waals surface area contributed by atoms with Gasteiger partial charge in [0.2, 0.25) is 0 Å². The number of rotatable bonds is 4. The SMILES string of the molecule is CC(C)Oc1cc(N)cc(NC2(C)CCOCC2)c1. The molecule has 1 aromatic carbocycles. The summed E-state index contributed by atoms with van der Waals surface area (Å²) in [6.45, 7) is 7.86. The summed E-state index contributed by atoms with van der Waals surface area (Å²) in [7, 11) is 0. The molecular weight excluding hydrogens is 240 g/mol. The fourth-order valence-corrected chi connectivity index (χ4v) is 2.33. The molecule has 19 heavy (non-hydrogen) atoms. The largest absolute Gasteiger partial charge is 0.491 e. The van der Waals surface area contributed by atoms with Gasteiger partial charge in [-0.25, -0.2) is 0 Å². The molecule has 0 saturated carbocycles. The summed E-state index contributed by atoms with van der Waals surface area (Å²) < 4.78 is 11.1. The van der Waals surface area contributed by atoms with E-state index >= 15 is 0 Å². The third-order valence-electron chi connectivity index (χ3n) is 3.34. The Balaban J connectivity index is 2.12. The first-order valence-corrected chi connectivity index (χ1v) is 6.90. The second-order valence-electron chi connectivity index (χ2n) is 5.76.